The molecule has 0 heterocycles. The number of rotatable bonds is 5. The summed E-state index contributed by atoms with van der Waals surface area (Å²) in [6.45, 7) is 4.11. The largest absolute Gasteiger partial charge is 0.313 e. The molecule has 1 aromatic carbocycles. The Morgan fingerprint density at radius 1 is 1.40 bits per heavy atom. The van der Waals surface area contributed by atoms with Gasteiger partial charge < -0.3 is 5.32 Å². The van der Waals surface area contributed by atoms with E-state index in [-0.39, 0.29) is 0 Å². The third kappa shape index (κ3) is 3.51. The molecule has 0 bridgehead atoms. The van der Waals surface area contributed by atoms with Crippen LogP contribution in [0.5, 0.6) is 0 Å². The molecule has 2 rings (SSSR count). The third-order valence-corrected chi connectivity index (χ3v) is 3.40. The highest BCUT2D eigenvalue weighted by Crippen LogP contribution is 2.31. The van der Waals surface area contributed by atoms with Gasteiger partial charge in [-0.25, -0.2) is 0 Å². The summed E-state index contributed by atoms with van der Waals surface area (Å²) in [6, 6.07) is 6.28. The Balaban J connectivity index is 1.74. The van der Waals surface area contributed by atoms with Gasteiger partial charge in [0, 0.05) is 11.6 Å². The molecular weight excluding hydrogens is 206 g/mol. The minimum absolute atomic E-state index is 0.872. The monoisotopic (exact) mass is 223 g/mol. The summed E-state index contributed by atoms with van der Waals surface area (Å²) >= 11 is 6.06. The average molecular weight is 224 g/mol. The summed E-state index contributed by atoms with van der Waals surface area (Å²) < 4.78 is 0. The molecule has 1 saturated carbocycles. The van der Waals surface area contributed by atoms with E-state index in [2.05, 4.69) is 23.5 Å². The van der Waals surface area contributed by atoms with E-state index >= 15 is 0 Å². The third-order valence-electron chi connectivity index (χ3n) is 2.99. The van der Waals surface area contributed by atoms with Crippen LogP contribution in [0.1, 0.15) is 30.4 Å². The molecule has 0 atom stereocenters. The van der Waals surface area contributed by atoms with Crippen LogP contribution in [0.25, 0.3) is 0 Å². The van der Waals surface area contributed by atoms with Gasteiger partial charge in [0.2, 0.25) is 0 Å². The Hall–Kier alpha value is -0.530. The molecule has 1 N–H and O–H groups in total. The van der Waals surface area contributed by atoms with Crippen molar-refractivity contribution in [2.75, 3.05) is 6.54 Å². The Bertz CT molecular complexity index is 331. The first-order valence-corrected chi connectivity index (χ1v) is 6.09. The van der Waals surface area contributed by atoms with Gasteiger partial charge in [-0.3, -0.25) is 0 Å². The average Bonchev–Trinajstić information content (AvgIpc) is 3.02. The van der Waals surface area contributed by atoms with Crippen LogP contribution < -0.4 is 5.32 Å². The zero-order valence-corrected chi connectivity index (χ0v) is 9.98. The summed E-state index contributed by atoms with van der Waals surface area (Å²) in [5, 5.41) is 4.33. The second-order valence-electron chi connectivity index (χ2n) is 4.49. The second-order valence-corrected chi connectivity index (χ2v) is 4.90. The predicted octanol–water partition coefficient (Wildman–Crippen LogP) is 3.54. The maximum Gasteiger partial charge on any atom is 0.0438 e. The Morgan fingerprint density at radius 3 is 2.87 bits per heavy atom. The molecule has 0 radical (unpaired) electrons. The molecule has 15 heavy (non-hydrogen) atoms. The molecule has 82 valence electrons. The number of halogens is 1. The molecule has 2 heteroatoms. The van der Waals surface area contributed by atoms with Crippen molar-refractivity contribution in [3.8, 4) is 0 Å². The van der Waals surface area contributed by atoms with Crippen LogP contribution >= 0.6 is 11.6 Å². The summed E-state index contributed by atoms with van der Waals surface area (Å²) in [6.07, 6.45) is 4.22. The van der Waals surface area contributed by atoms with E-state index in [1.54, 1.807) is 0 Å². The quantitative estimate of drug-likeness (QED) is 0.753. The highest BCUT2D eigenvalue weighted by atomic mass is 35.5. The first kappa shape index (κ1) is 11.0. The lowest BCUT2D eigenvalue weighted by Crippen LogP contribution is -2.15. The van der Waals surface area contributed by atoms with Gasteiger partial charge >= 0.3 is 0 Å². The van der Waals surface area contributed by atoms with Crippen LogP contribution in [0.15, 0.2) is 18.2 Å². The molecule has 0 aliphatic heterocycles. The number of nitrogens with one attached hydrogen (secondary N) is 1. The standard InChI is InChI=1S/C13H18ClN/c1-10-2-3-12(8-13(10)14)9-15-7-6-11-4-5-11/h2-3,8,11,15H,4-7,9H2,1H3. The van der Waals surface area contributed by atoms with Crippen LogP contribution in [0.2, 0.25) is 5.02 Å². The van der Waals surface area contributed by atoms with Crippen molar-refractivity contribution in [1.29, 1.82) is 0 Å². The number of benzene rings is 1. The molecule has 1 aliphatic rings. The van der Waals surface area contributed by atoms with E-state index in [4.69, 9.17) is 11.6 Å². The second kappa shape index (κ2) is 5.00. The van der Waals surface area contributed by atoms with Crippen LogP contribution in [0.3, 0.4) is 0 Å². The minimum Gasteiger partial charge on any atom is -0.313 e. The molecule has 1 fully saturated rings. The van der Waals surface area contributed by atoms with Crippen molar-refractivity contribution in [2.24, 2.45) is 5.92 Å². The van der Waals surface area contributed by atoms with Gasteiger partial charge in [-0.15, -0.1) is 0 Å². The molecule has 0 spiro atoms. The van der Waals surface area contributed by atoms with Crippen LogP contribution in [-0.2, 0) is 6.54 Å². The molecule has 1 nitrogen and oxygen atoms in total. The molecule has 0 unspecified atom stereocenters. The number of hydrogen-bond acceptors (Lipinski definition) is 1. The van der Waals surface area contributed by atoms with E-state index in [1.165, 1.54) is 24.8 Å². The van der Waals surface area contributed by atoms with E-state index in [0.717, 1.165) is 29.6 Å². The molecule has 1 aromatic rings. The number of hydrogen-bond donors (Lipinski definition) is 1. The first-order valence-electron chi connectivity index (χ1n) is 5.71. The highest BCUT2D eigenvalue weighted by molar-refractivity contribution is 6.31. The van der Waals surface area contributed by atoms with Gasteiger partial charge in [0.15, 0.2) is 0 Å². The van der Waals surface area contributed by atoms with Gasteiger partial charge in [-0.2, -0.15) is 0 Å². The predicted molar refractivity (Wildman–Crippen MR) is 65.2 cm³/mol. The van der Waals surface area contributed by atoms with Gasteiger partial charge in [-0.05, 0) is 43.0 Å². The van der Waals surface area contributed by atoms with E-state index in [1.807, 2.05) is 6.92 Å². The molecular formula is C13H18ClN. The first-order chi connectivity index (χ1) is 7.25. The number of aryl methyl sites for hydroxylation is 1. The normalized spacial score (nSPS) is 15.6. The fraction of sp³-hybridized carbons (Fsp3) is 0.538. The van der Waals surface area contributed by atoms with Crippen LogP contribution in [-0.4, -0.2) is 6.54 Å². The van der Waals surface area contributed by atoms with Crippen molar-refractivity contribution in [3.63, 3.8) is 0 Å². The Labute approximate surface area is 96.8 Å². The van der Waals surface area contributed by atoms with Crippen molar-refractivity contribution in [3.05, 3.63) is 34.3 Å². The molecule has 0 amide bonds. The van der Waals surface area contributed by atoms with Gasteiger partial charge in [0.05, 0.1) is 0 Å². The van der Waals surface area contributed by atoms with Crippen molar-refractivity contribution in [1.82, 2.24) is 5.32 Å². The van der Waals surface area contributed by atoms with Crippen molar-refractivity contribution in [2.45, 2.75) is 32.7 Å². The van der Waals surface area contributed by atoms with Crippen LogP contribution in [0.4, 0.5) is 0 Å². The van der Waals surface area contributed by atoms with Crippen molar-refractivity contribution < 1.29 is 0 Å². The lowest BCUT2D eigenvalue weighted by Gasteiger charge is -2.06. The summed E-state index contributed by atoms with van der Waals surface area (Å²) in [7, 11) is 0. The fourth-order valence-corrected chi connectivity index (χ4v) is 1.89. The maximum absolute atomic E-state index is 6.06. The zero-order valence-electron chi connectivity index (χ0n) is 9.22. The topological polar surface area (TPSA) is 12.0 Å². The Kier molecular flexibility index (Phi) is 3.66. The van der Waals surface area contributed by atoms with Gasteiger partial charge in [0.25, 0.3) is 0 Å². The summed E-state index contributed by atoms with van der Waals surface area (Å²) in [5.41, 5.74) is 2.43. The SMILES string of the molecule is Cc1ccc(CNCCC2CC2)cc1Cl. The lowest BCUT2D eigenvalue weighted by atomic mass is 10.1. The molecule has 0 saturated heterocycles. The van der Waals surface area contributed by atoms with Crippen LogP contribution in [0, 0.1) is 12.8 Å². The molecule has 0 aromatic heterocycles. The van der Waals surface area contributed by atoms with Gasteiger partial charge in [-0.1, -0.05) is 36.6 Å². The smallest absolute Gasteiger partial charge is 0.0438 e. The van der Waals surface area contributed by atoms with Gasteiger partial charge in [0.1, 0.15) is 0 Å². The highest BCUT2D eigenvalue weighted by Gasteiger charge is 2.19. The zero-order chi connectivity index (χ0) is 10.7. The van der Waals surface area contributed by atoms with E-state index in [0.29, 0.717) is 0 Å². The van der Waals surface area contributed by atoms with E-state index in [9.17, 15) is 0 Å². The van der Waals surface area contributed by atoms with E-state index < -0.39 is 0 Å². The summed E-state index contributed by atoms with van der Waals surface area (Å²) in [4.78, 5) is 0. The lowest BCUT2D eigenvalue weighted by molar-refractivity contribution is 0.613. The maximum atomic E-state index is 6.06. The minimum atomic E-state index is 0.872. The molecule has 1 aliphatic carbocycles. The Morgan fingerprint density at radius 2 is 2.20 bits per heavy atom. The fourth-order valence-electron chi connectivity index (χ4n) is 1.69. The van der Waals surface area contributed by atoms with Crippen molar-refractivity contribution >= 4 is 11.6 Å². The summed E-state index contributed by atoms with van der Waals surface area (Å²) in [5.74, 6) is 1.01.